The molecule has 7 heteroatoms. The molecule has 0 saturated heterocycles. The van der Waals surface area contributed by atoms with E-state index in [0.717, 1.165) is 68.7 Å². The van der Waals surface area contributed by atoms with Gasteiger partial charge in [0.2, 0.25) is 0 Å². The molecule has 160 valence electrons. The number of methoxy groups -OCH3 is 1. The first kappa shape index (κ1) is 21.4. The lowest BCUT2D eigenvalue weighted by Gasteiger charge is -2.32. The number of hydrogen-bond acceptors (Lipinski definition) is 6. The number of thiophene rings is 1. The second-order valence-electron chi connectivity index (χ2n) is 7.89. The van der Waals surface area contributed by atoms with Gasteiger partial charge in [-0.25, -0.2) is 4.98 Å². The first-order valence-corrected chi connectivity index (χ1v) is 12.3. The highest BCUT2D eigenvalue weighted by atomic mass is 32.2. The largest absolute Gasteiger partial charge is 0.497 e. The van der Waals surface area contributed by atoms with Crippen LogP contribution in [0, 0.1) is 0 Å². The van der Waals surface area contributed by atoms with Gasteiger partial charge in [0.1, 0.15) is 10.6 Å². The van der Waals surface area contributed by atoms with Crippen LogP contribution in [0.2, 0.25) is 0 Å². The number of rotatable bonds is 7. The molecule has 1 atom stereocenters. The lowest BCUT2D eigenvalue weighted by atomic mass is 9.90. The summed E-state index contributed by atoms with van der Waals surface area (Å²) >= 11 is 3.26. The second-order valence-corrected chi connectivity index (χ2v) is 10.0. The minimum Gasteiger partial charge on any atom is -0.497 e. The van der Waals surface area contributed by atoms with Crippen LogP contribution >= 0.6 is 23.1 Å². The van der Waals surface area contributed by atoms with Gasteiger partial charge >= 0.3 is 0 Å². The van der Waals surface area contributed by atoms with Crippen molar-refractivity contribution < 1.29 is 9.47 Å². The van der Waals surface area contributed by atoms with E-state index in [1.807, 2.05) is 24.3 Å². The van der Waals surface area contributed by atoms with Crippen molar-refractivity contribution in [2.45, 2.75) is 63.8 Å². The minimum absolute atomic E-state index is 0.0158. The molecule has 0 spiro atoms. The van der Waals surface area contributed by atoms with Gasteiger partial charge in [-0.1, -0.05) is 32.0 Å². The summed E-state index contributed by atoms with van der Waals surface area (Å²) in [5.41, 5.74) is 1.73. The van der Waals surface area contributed by atoms with Gasteiger partial charge in [0.25, 0.3) is 5.56 Å². The monoisotopic (exact) mass is 444 g/mol. The van der Waals surface area contributed by atoms with Crippen LogP contribution in [0.1, 0.15) is 50.5 Å². The molecule has 1 aliphatic rings. The molecule has 30 heavy (non-hydrogen) atoms. The van der Waals surface area contributed by atoms with Crippen LogP contribution < -0.4 is 10.3 Å². The second kappa shape index (κ2) is 8.73. The standard InChI is InChI=1S/C23H28N2O3S2/c1-5-7-12-29-22-24-20-19(17-13-23(3,6-2)28-14-18(17)30-20)21(26)25(22)15-8-10-16(27-4)11-9-15/h8-11H,5-7,12-14H2,1-4H3/t23-/m0/s1. The maximum absolute atomic E-state index is 13.8. The summed E-state index contributed by atoms with van der Waals surface area (Å²) in [7, 11) is 1.64. The summed E-state index contributed by atoms with van der Waals surface area (Å²) in [5, 5.41) is 1.51. The highest BCUT2D eigenvalue weighted by molar-refractivity contribution is 7.99. The lowest BCUT2D eigenvalue weighted by Crippen LogP contribution is -2.34. The average Bonchev–Trinajstić information content (AvgIpc) is 3.11. The molecule has 0 radical (unpaired) electrons. The van der Waals surface area contributed by atoms with Crippen LogP contribution in [0.5, 0.6) is 5.75 Å². The predicted molar refractivity (Wildman–Crippen MR) is 125 cm³/mol. The quantitative estimate of drug-likeness (QED) is 0.270. The molecule has 4 rings (SSSR count). The minimum atomic E-state index is -0.229. The summed E-state index contributed by atoms with van der Waals surface area (Å²) in [6, 6.07) is 7.63. The van der Waals surface area contributed by atoms with Crippen molar-refractivity contribution >= 4 is 33.3 Å². The molecular formula is C23H28N2O3S2. The van der Waals surface area contributed by atoms with E-state index >= 15 is 0 Å². The Morgan fingerprint density at radius 2 is 2.07 bits per heavy atom. The Morgan fingerprint density at radius 3 is 2.73 bits per heavy atom. The zero-order chi connectivity index (χ0) is 21.3. The van der Waals surface area contributed by atoms with E-state index in [2.05, 4.69) is 20.8 Å². The van der Waals surface area contributed by atoms with Crippen molar-refractivity contribution in [1.29, 1.82) is 0 Å². The molecule has 5 nitrogen and oxygen atoms in total. The van der Waals surface area contributed by atoms with Crippen LogP contribution in [0.25, 0.3) is 15.9 Å². The number of nitrogens with zero attached hydrogens (tertiary/aromatic N) is 2. The highest BCUT2D eigenvalue weighted by Crippen LogP contribution is 2.39. The van der Waals surface area contributed by atoms with Gasteiger partial charge in [-0.05, 0) is 49.6 Å². The van der Waals surface area contributed by atoms with Crippen molar-refractivity contribution in [2.75, 3.05) is 12.9 Å². The molecule has 0 amide bonds. The third-order valence-electron chi connectivity index (χ3n) is 5.79. The molecule has 3 heterocycles. The van der Waals surface area contributed by atoms with E-state index in [1.54, 1.807) is 34.8 Å². The van der Waals surface area contributed by atoms with E-state index < -0.39 is 0 Å². The number of benzene rings is 1. The first-order chi connectivity index (χ1) is 14.5. The van der Waals surface area contributed by atoms with E-state index in [1.165, 1.54) is 0 Å². The number of aromatic nitrogens is 2. The van der Waals surface area contributed by atoms with Gasteiger partial charge in [0.05, 0.1) is 30.4 Å². The summed E-state index contributed by atoms with van der Waals surface area (Å²) in [6.45, 7) is 6.99. The maximum Gasteiger partial charge on any atom is 0.267 e. The van der Waals surface area contributed by atoms with E-state index in [4.69, 9.17) is 14.5 Å². The zero-order valence-corrected chi connectivity index (χ0v) is 19.6. The topological polar surface area (TPSA) is 53.4 Å². The number of ether oxygens (including phenoxy) is 2. The van der Waals surface area contributed by atoms with Gasteiger partial charge in [-0.2, -0.15) is 0 Å². The molecule has 1 aromatic carbocycles. The Hall–Kier alpha value is -1.83. The van der Waals surface area contributed by atoms with Gasteiger partial charge in [0, 0.05) is 17.1 Å². The Bertz CT molecular complexity index is 1100. The molecule has 0 bridgehead atoms. The van der Waals surface area contributed by atoms with Crippen molar-refractivity contribution in [3.8, 4) is 11.4 Å². The molecular weight excluding hydrogens is 416 g/mol. The lowest BCUT2D eigenvalue weighted by molar-refractivity contribution is -0.0543. The first-order valence-electron chi connectivity index (χ1n) is 10.5. The molecule has 0 N–H and O–H groups in total. The number of hydrogen-bond donors (Lipinski definition) is 0. The Balaban J connectivity index is 1.90. The number of fused-ring (bicyclic) bond motifs is 3. The fourth-order valence-corrected chi connectivity index (χ4v) is 5.93. The van der Waals surface area contributed by atoms with Crippen molar-refractivity contribution in [1.82, 2.24) is 9.55 Å². The Kier molecular flexibility index (Phi) is 6.23. The van der Waals surface area contributed by atoms with Crippen molar-refractivity contribution in [2.24, 2.45) is 0 Å². The third-order valence-corrected chi connectivity index (χ3v) is 7.91. The molecule has 3 aromatic rings. The molecule has 0 saturated carbocycles. The average molecular weight is 445 g/mol. The molecule has 0 aliphatic carbocycles. The van der Waals surface area contributed by atoms with Crippen LogP contribution in [-0.4, -0.2) is 28.0 Å². The molecule has 0 fully saturated rings. The van der Waals surface area contributed by atoms with Gasteiger partial charge < -0.3 is 9.47 Å². The normalized spacial score (nSPS) is 18.5. The van der Waals surface area contributed by atoms with E-state index in [0.29, 0.717) is 6.61 Å². The van der Waals surface area contributed by atoms with Crippen LogP contribution in [0.3, 0.4) is 0 Å². The summed E-state index contributed by atoms with van der Waals surface area (Å²) in [4.78, 5) is 20.7. The number of thioether (sulfide) groups is 1. The summed E-state index contributed by atoms with van der Waals surface area (Å²) in [6.07, 6.45) is 3.86. The molecule has 0 unspecified atom stereocenters. The van der Waals surface area contributed by atoms with E-state index in [-0.39, 0.29) is 11.2 Å². The molecule has 2 aromatic heterocycles. The fraction of sp³-hybridized carbons (Fsp3) is 0.478. The van der Waals surface area contributed by atoms with E-state index in [9.17, 15) is 4.79 Å². The van der Waals surface area contributed by atoms with Gasteiger partial charge in [0.15, 0.2) is 5.16 Å². The van der Waals surface area contributed by atoms with Crippen molar-refractivity contribution in [3.63, 3.8) is 0 Å². The number of unbranched alkanes of at least 4 members (excludes halogenated alkanes) is 1. The summed E-state index contributed by atoms with van der Waals surface area (Å²) in [5.74, 6) is 1.71. The predicted octanol–water partition coefficient (Wildman–Crippen LogP) is 5.59. The third kappa shape index (κ3) is 3.90. The van der Waals surface area contributed by atoms with Crippen molar-refractivity contribution in [3.05, 3.63) is 45.1 Å². The Labute approximate surface area is 185 Å². The maximum atomic E-state index is 13.8. The summed E-state index contributed by atoms with van der Waals surface area (Å²) < 4.78 is 13.2. The smallest absolute Gasteiger partial charge is 0.267 e. The molecule has 1 aliphatic heterocycles. The zero-order valence-electron chi connectivity index (χ0n) is 18.0. The van der Waals surface area contributed by atoms with Gasteiger partial charge in [-0.3, -0.25) is 9.36 Å². The highest BCUT2D eigenvalue weighted by Gasteiger charge is 2.33. The van der Waals surface area contributed by atoms with Gasteiger partial charge in [-0.15, -0.1) is 11.3 Å². The van der Waals surface area contributed by atoms with Crippen LogP contribution in [0.4, 0.5) is 0 Å². The Morgan fingerprint density at radius 1 is 1.30 bits per heavy atom. The van der Waals surface area contributed by atoms with Crippen LogP contribution in [0.15, 0.2) is 34.2 Å². The van der Waals surface area contributed by atoms with Crippen LogP contribution in [-0.2, 0) is 17.8 Å². The SMILES string of the molecule is CCCCSc1nc2sc3c(c2c(=O)n1-c1ccc(OC)cc1)C[C@](C)(CC)OC3. The fourth-order valence-electron chi connectivity index (χ4n) is 3.69.